The van der Waals surface area contributed by atoms with E-state index in [-0.39, 0.29) is 17.3 Å². The van der Waals surface area contributed by atoms with E-state index in [1.807, 2.05) is 4.90 Å². The Morgan fingerprint density at radius 3 is 2.60 bits per heavy atom. The highest BCUT2D eigenvalue weighted by molar-refractivity contribution is 7.91. The predicted octanol–water partition coefficient (Wildman–Crippen LogP) is 0.0245. The number of nitrogens with zero attached hydrogens (tertiary/aromatic N) is 2. The van der Waals surface area contributed by atoms with Gasteiger partial charge in [0.05, 0.1) is 24.3 Å². The highest BCUT2D eigenvalue weighted by Gasteiger charge is 2.24. The maximum absolute atomic E-state index is 11.5. The second-order valence-electron chi connectivity index (χ2n) is 4.51. The summed E-state index contributed by atoms with van der Waals surface area (Å²) in [5, 5.41) is 11.8. The summed E-state index contributed by atoms with van der Waals surface area (Å²) in [6.45, 7) is 0.752. The summed E-state index contributed by atoms with van der Waals surface area (Å²) in [4.78, 5) is 1.90. The van der Waals surface area contributed by atoms with Crippen LogP contribution in [-0.2, 0) is 9.84 Å². The highest BCUT2D eigenvalue weighted by Crippen LogP contribution is 2.27. The van der Waals surface area contributed by atoms with Gasteiger partial charge in [0.15, 0.2) is 15.7 Å². The zero-order valence-electron chi connectivity index (χ0n) is 11.1. The zero-order valence-corrected chi connectivity index (χ0v) is 11.9. The summed E-state index contributed by atoms with van der Waals surface area (Å²) >= 11 is 0. The zero-order chi connectivity index (χ0) is 14.8. The number of amidine groups is 1. The van der Waals surface area contributed by atoms with E-state index in [2.05, 4.69) is 5.16 Å². The maximum Gasteiger partial charge on any atom is 0.172 e. The smallest absolute Gasteiger partial charge is 0.172 e. The topological polar surface area (TPSA) is 105 Å². The Kier molecular flexibility index (Phi) is 4.03. The summed E-state index contributed by atoms with van der Waals surface area (Å²) in [6, 6.07) is 5.15. The Morgan fingerprint density at radius 2 is 2.05 bits per heavy atom. The number of sulfone groups is 1. The molecule has 0 unspecified atom stereocenters. The molecule has 1 heterocycles. The average Bonchev–Trinajstić information content (AvgIpc) is 2.46. The molecule has 1 aliphatic heterocycles. The first-order chi connectivity index (χ1) is 9.46. The fourth-order valence-electron chi connectivity index (χ4n) is 2.12. The van der Waals surface area contributed by atoms with Crippen LogP contribution in [0.1, 0.15) is 5.56 Å². The lowest BCUT2D eigenvalue weighted by Crippen LogP contribution is -2.41. The summed E-state index contributed by atoms with van der Waals surface area (Å²) in [7, 11) is -1.42. The van der Waals surface area contributed by atoms with Crippen molar-refractivity contribution in [1.29, 1.82) is 0 Å². The number of anilines is 1. The molecule has 8 heteroatoms. The van der Waals surface area contributed by atoms with Crippen molar-refractivity contribution in [1.82, 2.24) is 0 Å². The number of nitrogens with two attached hydrogens (primary N) is 1. The summed E-state index contributed by atoms with van der Waals surface area (Å²) < 4.78 is 28.1. The Morgan fingerprint density at radius 1 is 1.40 bits per heavy atom. The monoisotopic (exact) mass is 299 g/mol. The molecule has 1 aliphatic rings. The van der Waals surface area contributed by atoms with E-state index in [1.54, 1.807) is 25.3 Å². The molecule has 0 saturated carbocycles. The number of rotatable bonds is 3. The van der Waals surface area contributed by atoms with E-state index >= 15 is 0 Å². The molecule has 0 bridgehead atoms. The molecule has 0 aliphatic carbocycles. The van der Waals surface area contributed by atoms with Gasteiger partial charge in [-0.15, -0.1) is 0 Å². The van der Waals surface area contributed by atoms with Gasteiger partial charge in [0.2, 0.25) is 0 Å². The second kappa shape index (κ2) is 5.58. The summed E-state index contributed by atoms with van der Waals surface area (Å²) in [5.41, 5.74) is 6.91. The molecule has 3 N–H and O–H groups in total. The summed E-state index contributed by atoms with van der Waals surface area (Å²) in [6.07, 6.45) is 0. The number of methoxy groups -OCH3 is 1. The third-order valence-electron chi connectivity index (χ3n) is 3.27. The molecule has 1 aromatic carbocycles. The van der Waals surface area contributed by atoms with Crippen molar-refractivity contribution < 1.29 is 18.4 Å². The number of oxime groups is 1. The lowest BCUT2D eigenvalue weighted by atomic mass is 10.1. The van der Waals surface area contributed by atoms with Crippen LogP contribution < -0.4 is 15.4 Å². The molecule has 0 atom stereocenters. The van der Waals surface area contributed by atoms with Crippen molar-refractivity contribution in [3.05, 3.63) is 23.8 Å². The van der Waals surface area contributed by atoms with E-state index in [0.717, 1.165) is 0 Å². The van der Waals surface area contributed by atoms with Crippen molar-refractivity contribution in [2.45, 2.75) is 0 Å². The molecule has 0 aromatic heterocycles. The second-order valence-corrected chi connectivity index (χ2v) is 6.81. The largest absolute Gasteiger partial charge is 0.497 e. The molecule has 1 saturated heterocycles. The Bertz CT molecular complexity index is 614. The molecule has 20 heavy (non-hydrogen) atoms. The standard InChI is InChI=1S/C12H17N3O4S/c1-19-9-2-3-10(12(13)14-16)11(8-9)15-4-6-20(17,18)7-5-15/h2-3,8,16H,4-7H2,1H3,(H2,13,14). The van der Waals surface area contributed by atoms with Crippen LogP contribution in [0.2, 0.25) is 0 Å². The molecule has 1 aromatic rings. The van der Waals surface area contributed by atoms with Gasteiger partial charge in [0, 0.05) is 24.7 Å². The van der Waals surface area contributed by atoms with Gasteiger partial charge in [-0.3, -0.25) is 0 Å². The third-order valence-corrected chi connectivity index (χ3v) is 4.88. The van der Waals surface area contributed by atoms with Crippen LogP contribution in [-0.4, -0.2) is 51.2 Å². The molecular weight excluding hydrogens is 282 g/mol. The van der Waals surface area contributed by atoms with Crippen LogP contribution >= 0.6 is 0 Å². The van der Waals surface area contributed by atoms with E-state index in [4.69, 9.17) is 15.7 Å². The molecule has 0 amide bonds. The van der Waals surface area contributed by atoms with Gasteiger partial charge in [0.1, 0.15) is 5.75 Å². The van der Waals surface area contributed by atoms with Gasteiger partial charge < -0.3 is 20.6 Å². The van der Waals surface area contributed by atoms with Crippen LogP contribution in [0, 0.1) is 0 Å². The van der Waals surface area contributed by atoms with Crippen LogP contribution in [0.25, 0.3) is 0 Å². The molecular formula is C12H17N3O4S. The van der Waals surface area contributed by atoms with Crippen molar-refractivity contribution in [2.75, 3.05) is 36.6 Å². The van der Waals surface area contributed by atoms with Crippen molar-refractivity contribution in [3.63, 3.8) is 0 Å². The lowest BCUT2D eigenvalue weighted by molar-refractivity contribution is 0.318. The molecule has 0 spiro atoms. The third kappa shape index (κ3) is 2.96. The van der Waals surface area contributed by atoms with Gasteiger partial charge >= 0.3 is 0 Å². The maximum atomic E-state index is 11.5. The fraction of sp³-hybridized carbons (Fsp3) is 0.417. The van der Waals surface area contributed by atoms with Gasteiger partial charge in [-0.05, 0) is 12.1 Å². The Labute approximate surface area is 117 Å². The summed E-state index contributed by atoms with van der Waals surface area (Å²) in [5.74, 6) is 0.804. The lowest BCUT2D eigenvalue weighted by Gasteiger charge is -2.30. The number of benzene rings is 1. The molecule has 1 fully saturated rings. The van der Waals surface area contributed by atoms with E-state index in [1.165, 1.54) is 0 Å². The van der Waals surface area contributed by atoms with E-state index in [0.29, 0.717) is 30.1 Å². The van der Waals surface area contributed by atoms with Crippen LogP contribution in [0.5, 0.6) is 5.75 Å². The quantitative estimate of drug-likeness (QED) is 0.353. The van der Waals surface area contributed by atoms with Gasteiger partial charge in [0.25, 0.3) is 0 Å². The van der Waals surface area contributed by atoms with E-state index in [9.17, 15) is 8.42 Å². The predicted molar refractivity (Wildman–Crippen MR) is 76.4 cm³/mol. The highest BCUT2D eigenvalue weighted by atomic mass is 32.2. The molecule has 7 nitrogen and oxygen atoms in total. The minimum atomic E-state index is -2.96. The normalized spacial score (nSPS) is 18.9. The van der Waals surface area contributed by atoms with Gasteiger partial charge in [-0.25, -0.2) is 8.42 Å². The molecule has 2 rings (SSSR count). The minimum Gasteiger partial charge on any atom is -0.497 e. The Balaban J connectivity index is 2.38. The fourth-order valence-corrected chi connectivity index (χ4v) is 3.33. The molecule has 0 radical (unpaired) electrons. The Hall–Kier alpha value is -1.96. The van der Waals surface area contributed by atoms with Gasteiger partial charge in [-0.2, -0.15) is 0 Å². The van der Waals surface area contributed by atoms with Crippen LogP contribution in [0.4, 0.5) is 5.69 Å². The number of ether oxygens (including phenoxy) is 1. The van der Waals surface area contributed by atoms with Crippen LogP contribution in [0.3, 0.4) is 0 Å². The average molecular weight is 299 g/mol. The SMILES string of the molecule is COc1ccc(/C(N)=N/O)c(N2CCS(=O)(=O)CC2)c1. The first-order valence-electron chi connectivity index (χ1n) is 6.08. The van der Waals surface area contributed by atoms with Crippen LogP contribution in [0.15, 0.2) is 23.4 Å². The first-order valence-corrected chi connectivity index (χ1v) is 7.90. The van der Waals surface area contributed by atoms with Crippen molar-refractivity contribution >= 4 is 21.4 Å². The minimum absolute atomic E-state index is 0.0175. The number of hydrogen-bond donors (Lipinski definition) is 2. The van der Waals surface area contributed by atoms with Crippen molar-refractivity contribution in [2.24, 2.45) is 10.9 Å². The molecule has 110 valence electrons. The van der Waals surface area contributed by atoms with E-state index < -0.39 is 9.84 Å². The number of hydrogen-bond acceptors (Lipinski definition) is 6. The first kappa shape index (κ1) is 14.4. The van der Waals surface area contributed by atoms with Gasteiger partial charge in [-0.1, -0.05) is 5.16 Å². The van der Waals surface area contributed by atoms with Crippen molar-refractivity contribution in [3.8, 4) is 5.75 Å².